The molecule has 0 spiro atoms. The predicted octanol–water partition coefficient (Wildman–Crippen LogP) is 2.51. The molecule has 0 saturated heterocycles. The minimum absolute atomic E-state index is 0. The zero-order chi connectivity index (χ0) is 72.6. The Hall–Kier alpha value is -9.78. The number of carbonyl (C=O) groups is 6. The third-order valence-corrected chi connectivity index (χ3v) is 13.4. The number of nitrogens with one attached hydrogen (secondary N) is 5. The van der Waals surface area contributed by atoms with E-state index in [1.54, 1.807) is 75.4 Å². The van der Waals surface area contributed by atoms with Crippen molar-refractivity contribution in [3.63, 3.8) is 0 Å². The van der Waals surface area contributed by atoms with Crippen molar-refractivity contribution in [2.45, 2.75) is 108 Å². The Bertz CT molecular complexity index is 4190. The average molecular weight is 1400 g/mol. The lowest BCUT2D eigenvalue weighted by Crippen LogP contribution is -2.41. The summed E-state index contributed by atoms with van der Waals surface area (Å²) in [6.45, 7) is 23.9. The van der Waals surface area contributed by atoms with Gasteiger partial charge in [-0.15, -0.1) is 0 Å². The fourth-order valence-corrected chi connectivity index (χ4v) is 8.82. The standard InChI is InChI=1S/C10H16N3O3P.C8H11N2O4P.C8H11N2O3P.C7H8N2O3.C7H10N2O2.C6H8N2O2.C5H8O3.C2H6N2.CH4O.16H2/c1-4-11-9(15)7-6-8(14)12(5-2)10(16)13(7)17-3;1-3-9-6(11)4-5(7(12)13)10(15-2)8(9)14;1-3-9-7(12)4-6(5-11)10(14-2)8(9)13;1-2-9-6(11)3-5(4-10)8-7(9)12;1-3-9-6(10)4-5(2)8-7(9)11;1-4-3-5(9)8-6(7-4)10-2;1-4(6)3-5(7)8-2;1-2(3)4;1-2;;;;;;;;;;;;;;;;/h6,17H,4-5H2,1-3H3,(H,11,15);4,15H,3H2,1-2H3,(H,12,13);4-5,14H,3H2,1-2H3;3-4H,2H2,1H3,(H,8,12);4H,3H2,1-2H3,(H,8,11);3H,1-2H3,(H,7,8,9);3H2,1-2H3;1H3,(H3,3,4);2H,1H3;16*1H. The van der Waals surface area contributed by atoms with Gasteiger partial charge in [-0.05, 0) is 115 Å². The molecule has 3 unspecified atom stereocenters. The van der Waals surface area contributed by atoms with Gasteiger partial charge >= 0.3 is 40.4 Å². The normalized spacial score (nSPS) is 9.95. The number of ketones is 1. The van der Waals surface area contributed by atoms with Crippen LogP contribution >= 0.6 is 26.2 Å². The van der Waals surface area contributed by atoms with Gasteiger partial charge in [0, 0.05) is 117 Å². The van der Waals surface area contributed by atoms with Crippen LogP contribution in [0.1, 0.15) is 138 Å². The van der Waals surface area contributed by atoms with Crippen molar-refractivity contribution in [3.05, 3.63) is 185 Å². The number of nitrogens with two attached hydrogens (primary N) is 1. The number of aliphatic hydroxyl groups excluding tert-OH is 1. The SMILES string of the molecule is CC(=N)N.CCNC(=O)c1cc(=O)n(CC)c(=O)n1PC.CCn1c(=O)cc(C(=O)O)n(PC)c1=O.CCn1c(=O)cc(C)[nH]c1=O.CCn1c(=O)cc(C=O)[nH]c1=O.CCn1c(=O)cc(C=O)n(PC)c1=O.CO.COC(=O)CC(C)=O.COc1nc(C)cc(=O)[nH]1.[HH].[HH].[HH].[HH].[HH].[HH].[HH].[HH].[HH].[HH].[HH].[HH].[HH].[HH].[HH].[HH]. The maximum Gasteiger partial charge on any atom is 0.353 e. The number of methoxy groups -OCH3 is 2. The number of carboxylic acid groups (broad SMARTS) is 1. The van der Waals surface area contributed by atoms with Crippen LogP contribution in [-0.4, -0.2) is 156 Å². The van der Waals surface area contributed by atoms with Crippen LogP contribution in [0, 0.1) is 19.3 Å². The van der Waals surface area contributed by atoms with Gasteiger partial charge in [-0.1, -0.05) is 0 Å². The van der Waals surface area contributed by atoms with E-state index in [4.69, 9.17) is 26.1 Å². The first-order chi connectivity index (χ1) is 43.7. The molecule has 0 saturated carbocycles. The number of esters is 1. The van der Waals surface area contributed by atoms with E-state index >= 15 is 0 Å². The Balaban J connectivity index is -0.0000000495. The zero-order valence-corrected chi connectivity index (χ0v) is 57.3. The number of Topliss-reactive ketones (excluding diaryl/α,β-unsaturated/α-hetero) is 1. The largest absolute Gasteiger partial charge is 0.477 e. The molecule has 0 radical (unpaired) electrons. The van der Waals surface area contributed by atoms with Crippen LogP contribution in [0.5, 0.6) is 6.01 Å². The van der Waals surface area contributed by atoms with Gasteiger partial charge < -0.3 is 40.7 Å². The van der Waals surface area contributed by atoms with Crippen LogP contribution in [0.25, 0.3) is 0 Å². The molecule has 36 nitrogen and oxygen atoms in total. The van der Waals surface area contributed by atoms with Gasteiger partial charge in [-0.25, -0.2) is 33.8 Å². The van der Waals surface area contributed by atoms with Crippen molar-refractivity contribution in [1.82, 2.24) is 61.1 Å². The topological polar surface area (TPSA) is 511 Å². The average Bonchev–Trinajstić information content (AvgIpc) is 0.814. The third-order valence-electron chi connectivity index (χ3n) is 10.7. The molecule has 1 amide bonds. The lowest BCUT2D eigenvalue weighted by Gasteiger charge is -2.12. The van der Waals surface area contributed by atoms with Crippen LogP contribution in [-0.2, 0) is 47.0 Å². The molecule has 6 heterocycles. The quantitative estimate of drug-likeness (QED) is 0.0172. The molecule has 0 aliphatic carbocycles. The second-order valence-electron chi connectivity index (χ2n) is 17.3. The van der Waals surface area contributed by atoms with E-state index in [2.05, 4.69) is 30.0 Å². The maximum absolute atomic E-state index is 11.9. The molecule has 39 heteroatoms. The van der Waals surface area contributed by atoms with Crippen LogP contribution in [0.4, 0.5) is 0 Å². The molecular formula is C54H114N15O21P3. The highest BCUT2D eigenvalue weighted by Gasteiger charge is 2.16. The minimum Gasteiger partial charge on any atom is -0.477 e. The molecule has 93 heavy (non-hydrogen) atoms. The summed E-state index contributed by atoms with van der Waals surface area (Å²) in [5, 5.41) is 24.7. The van der Waals surface area contributed by atoms with Gasteiger partial charge in [-0.2, -0.15) is 0 Å². The highest BCUT2D eigenvalue weighted by atomic mass is 31.1. The summed E-state index contributed by atoms with van der Waals surface area (Å²) in [7, 11) is 3.94. The number of aromatic carboxylic acids is 1. The van der Waals surface area contributed by atoms with Crippen molar-refractivity contribution in [2.24, 2.45) is 5.73 Å². The van der Waals surface area contributed by atoms with Gasteiger partial charge in [-0.3, -0.25) is 99.0 Å². The summed E-state index contributed by atoms with van der Waals surface area (Å²) in [6.07, 6.45) is 0.846. The summed E-state index contributed by atoms with van der Waals surface area (Å²) >= 11 is 0. The highest BCUT2D eigenvalue weighted by Crippen LogP contribution is 2.09. The molecule has 0 aromatic carbocycles. The Kier molecular flexibility index (Phi) is 43.5. The molecule has 6 rings (SSSR count). The Morgan fingerprint density at radius 2 is 1.01 bits per heavy atom. The Morgan fingerprint density at radius 1 is 0.613 bits per heavy atom. The van der Waals surface area contributed by atoms with E-state index in [0.717, 1.165) is 46.4 Å². The zero-order valence-electron chi connectivity index (χ0n) is 54.3. The number of aldehydes is 2. The molecule has 0 aliphatic heterocycles. The van der Waals surface area contributed by atoms with Gasteiger partial charge in [0.2, 0.25) is 0 Å². The summed E-state index contributed by atoms with van der Waals surface area (Å²) in [5.74, 6) is -2.13. The summed E-state index contributed by atoms with van der Waals surface area (Å²) in [4.78, 5) is 199. The molecule has 3 atom stereocenters. The molecule has 6 aromatic rings. The first-order valence-electron chi connectivity index (χ1n) is 27.3. The second kappa shape index (κ2) is 46.3. The van der Waals surface area contributed by atoms with E-state index in [9.17, 15) is 81.5 Å². The number of amides is 1. The van der Waals surface area contributed by atoms with E-state index in [1.165, 1.54) is 61.0 Å². The molecule has 6 aromatic heterocycles. The number of amidine groups is 1. The Labute approximate surface area is 558 Å². The number of carboxylic acids is 1. The van der Waals surface area contributed by atoms with E-state index in [0.29, 0.717) is 56.7 Å². The number of hydrogen-bond acceptors (Lipinski definition) is 22. The van der Waals surface area contributed by atoms with Crippen molar-refractivity contribution >= 4 is 68.2 Å². The molecule has 546 valence electrons. The number of hydrogen-bond donors (Lipinski definition) is 8. The lowest BCUT2D eigenvalue weighted by molar-refractivity contribution is -0.143. The van der Waals surface area contributed by atoms with E-state index in [1.807, 2.05) is 0 Å². The second-order valence-corrected chi connectivity index (χ2v) is 20.0. The van der Waals surface area contributed by atoms with Crippen molar-refractivity contribution in [1.29, 1.82) is 5.41 Å². The van der Waals surface area contributed by atoms with Gasteiger partial charge in [0.1, 0.15) is 23.6 Å². The van der Waals surface area contributed by atoms with Crippen LogP contribution in [0.2, 0.25) is 0 Å². The molecule has 0 fully saturated rings. The summed E-state index contributed by atoms with van der Waals surface area (Å²) < 4.78 is 18.0. The van der Waals surface area contributed by atoms with Crippen LogP contribution < -0.4 is 77.6 Å². The number of ether oxygens (including phenoxy) is 2. The maximum atomic E-state index is 11.9. The molecule has 0 aliphatic rings. The monoisotopic (exact) mass is 1400 g/mol. The first kappa shape index (κ1) is 87.4. The third kappa shape index (κ3) is 29.8. The summed E-state index contributed by atoms with van der Waals surface area (Å²) in [6, 6.07) is 7.54. The number of aromatic amines is 3. The summed E-state index contributed by atoms with van der Waals surface area (Å²) in [5.41, 5.74) is 1.37. The number of carbonyl (C=O) groups excluding carboxylic acids is 5. The highest BCUT2D eigenvalue weighted by molar-refractivity contribution is 7.35. The number of aliphatic hydroxyl groups is 1. The fraction of sp³-hybridized carbons (Fsp3) is 0.426. The smallest absolute Gasteiger partial charge is 0.353 e. The van der Waals surface area contributed by atoms with Crippen LogP contribution in [0.15, 0.2) is 89.1 Å². The van der Waals surface area contributed by atoms with Crippen molar-refractivity contribution < 1.29 is 71.3 Å². The first-order valence-corrected chi connectivity index (χ1v) is 31.7. The fourth-order valence-electron chi connectivity index (χ4n) is 6.70. The van der Waals surface area contributed by atoms with Gasteiger partial charge in [0.25, 0.3) is 45.3 Å². The number of rotatable bonds is 16. The molecule has 9 N–H and O–H groups in total. The molecule has 0 bridgehead atoms. The number of H-pyrrole nitrogens is 3. The van der Waals surface area contributed by atoms with E-state index < -0.39 is 56.9 Å². The van der Waals surface area contributed by atoms with Gasteiger partial charge in [0.05, 0.1) is 31.4 Å². The molecular weight excluding hydrogens is 1290 g/mol. The van der Waals surface area contributed by atoms with E-state index in [-0.39, 0.29) is 125 Å². The van der Waals surface area contributed by atoms with Crippen molar-refractivity contribution in [2.75, 3.05) is 47.9 Å². The number of aryl methyl sites for hydroxylation is 2. The number of aromatic nitrogens is 12. The Morgan fingerprint density at radius 3 is 1.34 bits per heavy atom. The van der Waals surface area contributed by atoms with Crippen molar-refractivity contribution in [3.8, 4) is 6.01 Å². The lowest BCUT2D eigenvalue weighted by atomic mass is 10.3. The predicted molar refractivity (Wildman–Crippen MR) is 388 cm³/mol. The minimum atomic E-state index is -1.26. The van der Waals surface area contributed by atoms with Gasteiger partial charge in [0.15, 0.2) is 12.6 Å². The number of nitrogens with zero attached hydrogens (tertiary/aromatic N) is 9. The van der Waals surface area contributed by atoms with Crippen LogP contribution in [0.3, 0.4) is 0 Å².